The molecule has 4 nitrogen and oxygen atoms in total. The number of aromatic nitrogens is 2. The number of nitrogens with zero attached hydrogens (tertiary/aromatic N) is 4. The van der Waals surface area contributed by atoms with E-state index in [1.54, 1.807) is 0 Å². The van der Waals surface area contributed by atoms with Crippen LogP contribution in [0.2, 0.25) is 0 Å². The molecular formula is C26H32N4S2. The van der Waals surface area contributed by atoms with Crippen LogP contribution in [0.1, 0.15) is 43.4 Å². The molecule has 6 heteroatoms. The second-order valence-electron chi connectivity index (χ2n) is 9.35. The standard InChI is InChI=1S/C26H32N4S2/c1-15-11-21-25(19(5)17(15)3)31-23(27-21)13-29-7-9-30(10-8-29)14-24-28-22-12-16(2)18(4)20(6)26(22)32-24/h11-12H,7-10,13-14H2,1-6H3. The average molecular weight is 465 g/mol. The number of aryl methyl sites for hydroxylation is 4. The highest BCUT2D eigenvalue weighted by atomic mass is 32.1. The van der Waals surface area contributed by atoms with Crippen molar-refractivity contribution in [3.8, 4) is 0 Å². The molecule has 1 fully saturated rings. The number of hydrogen-bond acceptors (Lipinski definition) is 6. The first-order chi connectivity index (χ1) is 15.3. The molecule has 0 saturated carbocycles. The lowest BCUT2D eigenvalue weighted by Crippen LogP contribution is -2.45. The monoisotopic (exact) mass is 464 g/mol. The van der Waals surface area contributed by atoms with Gasteiger partial charge < -0.3 is 0 Å². The number of fused-ring (bicyclic) bond motifs is 2. The van der Waals surface area contributed by atoms with E-state index in [0.717, 1.165) is 39.3 Å². The van der Waals surface area contributed by atoms with Crippen molar-refractivity contribution >= 4 is 43.1 Å². The predicted octanol–water partition coefficient (Wildman–Crippen LogP) is 6.07. The van der Waals surface area contributed by atoms with Gasteiger partial charge in [-0.05, 0) is 87.1 Å². The van der Waals surface area contributed by atoms with Crippen molar-refractivity contribution in [1.82, 2.24) is 19.8 Å². The topological polar surface area (TPSA) is 32.3 Å². The highest BCUT2D eigenvalue weighted by molar-refractivity contribution is 7.19. The number of thiazole rings is 2. The summed E-state index contributed by atoms with van der Waals surface area (Å²) in [6.45, 7) is 19.6. The van der Waals surface area contributed by atoms with Gasteiger partial charge in [0.05, 0.1) is 33.5 Å². The van der Waals surface area contributed by atoms with Crippen molar-refractivity contribution in [3.63, 3.8) is 0 Å². The summed E-state index contributed by atoms with van der Waals surface area (Å²) in [5.74, 6) is 0. The van der Waals surface area contributed by atoms with Gasteiger partial charge in [-0.15, -0.1) is 22.7 Å². The number of hydrogen-bond donors (Lipinski definition) is 0. The normalized spacial score (nSPS) is 15.9. The van der Waals surface area contributed by atoms with Crippen LogP contribution in [-0.4, -0.2) is 45.9 Å². The maximum atomic E-state index is 4.96. The minimum absolute atomic E-state index is 0.962. The third-order valence-corrected chi connectivity index (χ3v) is 9.62. The van der Waals surface area contributed by atoms with E-state index < -0.39 is 0 Å². The molecule has 168 valence electrons. The molecule has 3 heterocycles. The Hall–Kier alpha value is -1.86. The van der Waals surface area contributed by atoms with Crippen LogP contribution in [0.4, 0.5) is 0 Å². The molecule has 0 amide bonds. The summed E-state index contributed by atoms with van der Waals surface area (Å²) in [4.78, 5) is 15.0. The molecule has 0 atom stereocenters. The van der Waals surface area contributed by atoms with E-state index >= 15 is 0 Å². The third-order valence-electron chi connectivity index (χ3n) is 7.27. The molecule has 1 saturated heterocycles. The Balaban J connectivity index is 1.23. The number of benzene rings is 2. The fourth-order valence-electron chi connectivity index (χ4n) is 4.67. The minimum Gasteiger partial charge on any atom is -0.294 e. The maximum Gasteiger partial charge on any atom is 0.108 e. The SMILES string of the molecule is Cc1cc2nc(CN3CCN(Cc4nc5cc(C)c(C)c(C)c5s4)CC3)sc2c(C)c1C. The smallest absolute Gasteiger partial charge is 0.108 e. The van der Waals surface area contributed by atoms with Crippen molar-refractivity contribution in [3.05, 3.63) is 55.5 Å². The van der Waals surface area contributed by atoms with Crippen molar-refractivity contribution < 1.29 is 0 Å². The minimum atomic E-state index is 0.962. The predicted molar refractivity (Wildman–Crippen MR) is 138 cm³/mol. The van der Waals surface area contributed by atoms with Gasteiger partial charge in [-0.25, -0.2) is 9.97 Å². The zero-order chi connectivity index (χ0) is 22.6. The van der Waals surface area contributed by atoms with Crippen LogP contribution in [0.25, 0.3) is 20.4 Å². The molecule has 4 aromatic rings. The Labute approximate surface area is 198 Å². The molecule has 0 bridgehead atoms. The summed E-state index contributed by atoms with van der Waals surface area (Å²) in [5.41, 5.74) is 10.6. The molecule has 5 rings (SSSR count). The van der Waals surface area contributed by atoms with Crippen LogP contribution in [0.5, 0.6) is 0 Å². The van der Waals surface area contributed by atoms with E-state index in [9.17, 15) is 0 Å². The first kappa shape index (κ1) is 22.0. The van der Waals surface area contributed by atoms with Gasteiger partial charge in [0.2, 0.25) is 0 Å². The number of piperazine rings is 1. The second kappa shape index (κ2) is 8.49. The van der Waals surface area contributed by atoms with E-state index in [1.807, 2.05) is 22.7 Å². The lowest BCUT2D eigenvalue weighted by molar-refractivity contribution is 0.122. The Bertz CT molecular complexity index is 1210. The zero-order valence-corrected chi connectivity index (χ0v) is 21.6. The lowest BCUT2D eigenvalue weighted by Gasteiger charge is -2.33. The van der Waals surface area contributed by atoms with Crippen molar-refractivity contribution in [1.29, 1.82) is 0 Å². The van der Waals surface area contributed by atoms with Gasteiger partial charge in [0, 0.05) is 26.2 Å². The van der Waals surface area contributed by atoms with Crippen LogP contribution >= 0.6 is 22.7 Å². The van der Waals surface area contributed by atoms with Crippen LogP contribution in [-0.2, 0) is 13.1 Å². The third kappa shape index (κ3) is 3.98. The summed E-state index contributed by atoms with van der Waals surface area (Å²) >= 11 is 3.75. The average Bonchev–Trinajstić information content (AvgIpc) is 3.35. The van der Waals surface area contributed by atoms with Crippen LogP contribution in [0.3, 0.4) is 0 Å². The Morgan fingerprint density at radius 2 is 1.00 bits per heavy atom. The Kier molecular flexibility index (Phi) is 5.82. The summed E-state index contributed by atoms with van der Waals surface area (Å²) in [7, 11) is 0. The van der Waals surface area contributed by atoms with Crippen LogP contribution in [0, 0.1) is 41.5 Å². The molecule has 0 unspecified atom stereocenters. The summed E-state index contributed by atoms with van der Waals surface area (Å²) in [5, 5.41) is 2.49. The molecular weight excluding hydrogens is 432 g/mol. The summed E-state index contributed by atoms with van der Waals surface area (Å²) in [6.07, 6.45) is 0. The quantitative estimate of drug-likeness (QED) is 0.367. The molecule has 0 aliphatic carbocycles. The van der Waals surface area contributed by atoms with Gasteiger partial charge in [-0.1, -0.05) is 0 Å². The van der Waals surface area contributed by atoms with Gasteiger partial charge in [-0.2, -0.15) is 0 Å². The lowest BCUT2D eigenvalue weighted by atomic mass is 10.0. The molecule has 1 aliphatic heterocycles. The van der Waals surface area contributed by atoms with E-state index in [0.29, 0.717) is 0 Å². The fraction of sp³-hybridized carbons (Fsp3) is 0.462. The highest BCUT2D eigenvalue weighted by Crippen LogP contribution is 2.32. The van der Waals surface area contributed by atoms with Crippen molar-refractivity contribution in [2.45, 2.75) is 54.6 Å². The molecule has 0 N–H and O–H groups in total. The van der Waals surface area contributed by atoms with Crippen LogP contribution < -0.4 is 0 Å². The number of rotatable bonds is 4. The highest BCUT2D eigenvalue weighted by Gasteiger charge is 2.20. The van der Waals surface area contributed by atoms with Gasteiger partial charge in [0.15, 0.2) is 0 Å². The maximum absolute atomic E-state index is 4.96. The van der Waals surface area contributed by atoms with Gasteiger partial charge in [0.1, 0.15) is 10.0 Å². The summed E-state index contributed by atoms with van der Waals surface area (Å²) < 4.78 is 2.72. The van der Waals surface area contributed by atoms with Gasteiger partial charge in [0.25, 0.3) is 0 Å². The first-order valence-corrected chi connectivity index (χ1v) is 13.1. The Morgan fingerprint density at radius 1 is 0.625 bits per heavy atom. The molecule has 32 heavy (non-hydrogen) atoms. The molecule has 0 radical (unpaired) electrons. The molecule has 2 aromatic carbocycles. The molecule has 0 spiro atoms. The van der Waals surface area contributed by atoms with E-state index in [-0.39, 0.29) is 0 Å². The van der Waals surface area contributed by atoms with Crippen molar-refractivity contribution in [2.75, 3.05) is 26.2 Å². The van der Waals surface area contributed by atoms with E-state index in [4.69, 9.17) is 9.97 Å². The molecule has 1 aliphatic rings. The zero-order valence-electron chi connectivity index (χ0n) is 20.0. The fourth-order valence-corrected chi connectivity index (χ4v) is 6.96. The van der Waals surface area contributed by atoms with Crippen LogP contribution in [0.15, 0.2) is 12.1 Å². The largest absolute Gasteiger partial charge is 0.294 e. The van der Waals surface area contributed by atoms with E-state index in [1.165, 1.54) is 63.8 Å². The van der Waals surface area contributed by atoms with Gasteiger partial charge in [-0.3, -0.25) is 9.80 Å². The molecule has 2 aromatic heterocycles. The summed E-state index contributed by atoms with van der Waals surface area (Å²) in [6, 6.07) is 4.50. The van der Waals surface area contributed by atoms with E-state index in [2.05, 4.69) is 63.5 Å². The second-order valence-corrected chi connectivity index (χ2v) is 11.5. The van der Waals surface area contributed by atoms with Crippen molar-refractivity contribution in [2.24, 2.45) is 0 Å². The first-order valence-electron chi connectivity index (χ1n) is 11.5. The van der Waals surface area contributed by atoms with Gasteiger partial charge >= 0.3 is 0 Å². The Morgan fingerprint density at radius 3 is 1.38 bits per heavy atom.